The lowest BCUT2D eigenvalue weighted by Crippen LogP contribution is -2.27. The first kappa shape index (κ1) is 22.4. The number of hydrogen-bond donors (Lipinski definition) is 2. The highest BCUT2D eigenvalue weighted by molar-refractivity contribution is 7.93. The Labute approximate surface area is 188 Å². The number of nitrogens with zero attached hydrogens (tertiary/aromatic N) is 4. The molecule has 1 aliphatic rings. The van der Waals surface area contributed by atoms with Crippen LogP contribution in [-0.2, 0) is 9.73 Å². The van der Waals surface area contributed by atoms with Gasteiger partial charge in [-0.15, -0.1) is 0 Å². The quantitative estimate of drug-likeness (QED) is 0.563. The van der Waals surface area contributed by atoms with Gasteiger partial charge in [0.1, 0.15) is 23.9 Å². The molecular formula is C23H29N5O3S. The van der Waals surface area contributed by atoms with Gasteiger partial charge in [0.25, 0.3) is 0 Å². The molecular weight excluding hydrogens is 426 g/mol. The van der Waals surface area contributed by atoms with Gasteiger partial charge in [-0.25, -0.2) is 19.2 Å². The van der Waals surface area contributed by atoms with E-state index in [0.717, 1.165) is 42.1 Å². The van der Waals surface area contributed by atoms with Crippen molar-refractivity contribution in [2.45, 2.75) is 51.7 Å². The zero-order chi connectivity index (χ0) is 22.7. The third-order valence-corrected chi connectivity index (χ3v) is 7.37. The number of aryl methyl sites for hydroxylation is 1. The minimum atomic E-state index is -2.26. The first-order chi connectivity index (χ1) is 15.3. The standard InChI is InChI=1S/C23H29N5O3S/c1-4-32(3,30)28-16-12-15(2)21-20(13-16)25-14-26-22(21)27-19-6-5-11-24-23(19)31-18-9-7-17(29)8-10-18/h5-6,11-14,17-18,29H,4,7-10H2,1-3H3,(H,25,26,27). The molecule has 8 nitrogen and oxygen atoms in total. The van der Waals surface area contributed by atoms with E-state index < -0.39 is 9.73 Å². The monoisotopic (exact) mass is 455 g/mol. The molecule has 3 aromatic rings. The van der Waals surface area contributed by atoms with Crippen LogP contribution < -0.4 is 10.1 Å². The van der Waals surface area contributed by atoms with Crippen molar-refractivity contribution in [2.24, 2.45) is 4.36 Å². The van der Waals surface area contributed by atoms with E-state index in [1.807, 2.05) is 38.1 Å². The highest BCUT2D eigenvalue weighted by Gasteiger charge is 2.22. The molecule has 1 unspecified atom stereocenters. The van der Waals surface area contributed by atoms with Crippen molar-refractivity contribution in [3.05, 3.63) is 42.4 Å². The van der Waals surface area contributed by atoms with Gasteiger partial charge in [0.15, 0.2) is 0 Å². The molecule has 2 N–H and O–H groups in total. The maximum atomic E-state index is 12.5. The number of ether oxygens (including phenoxy) is 1. The van der Waals surface area contributed by atoms with E-state index in [4.69, 9.17) is 4.74 Å². The minimum Gasteiger partial charge on any atom is -0.473 e. The molecule has 32 heavy (non-hydrogen) atoms. The Kier molecular flexibility index (Phi) is 6.57. The molecule has 170 valence electrons. The van der Waals surface area contributed by atoms with Crippen molar-refractivity contribution in [1.29, 1.82) is 0 Å². The van der Waals surface area contributed by atoms with Gasteiger partial charge >= 0.3 is 0 Å². The summed E-state index contributed by atoms with van der Waals surface area (Å²) in [6.07, 6.45) is 7.75. The Hall–Kier alpha value is -2.78. The van der Waals surface area contributed by atoms with E-state index in [1.54, 1.807) is 12.5 Å². The van der Waals surface area contributed by atoms with E-state index in [-0.39, 0.29) is 12.2 Å². The van der Waals surface area contributed by atoms with Crippen LogP contribution in [0.15, 0.2) is 41.2 Å². The lowest BCUT2D eigenvalue weighted by atomic mass is 9.95. The van der Waals surface area contributed by atoms with Crippen molar-refractivity contribution in [3.63, 3.8) is 0 Å². The smallest absolute Gasteiger partial charge is 0.238 e. The van der Waals surface area contributed by atoms with Gasteiger partial charge < -0.3 is 15.2 Å². The van der Waals surface area contributed by atoms with Gasteiger partial charge in [-0.2, -0.15) is 4.36 Å². The molecule has 1 aromatic carbocycles. The van der Waals surface area contributed by atoms with E-state index in [1.165, 1.54) is 6.33 Å². The molecule has 4 rings (SSSR count). The zero-order valence-electron chi connectivity index (χ0n) is 18.6. The van der Waals surface area contributed by atoms with E-state index in [2.05, 4.69) is 24.6 Å². The summed E-state index contributed by atoms with van der Waals surface area (Å²) < 4.78 is 23.0. The van der Waals surface area contributed by atoms with Gasteiger partial charge in [-0.1, -0.05) is 6.92 Å². The Morgan fingerprint density at radius 3 is 2.75 bits per heavy atom. The van der Waals surface area contributed by atoms with Crippen molar-refractivity contribution in [3.8, 4) is 5.88 Å². The van der Waals surface area contributed by atoms with E-state index in [0.29, 0.717) is 28.8 Å². The largest absolute Gasteiger partial charge is 0.473 e. The van der Waals surface area contributed by atoms with Gasteiger partial charge in [-0.05, 0) is 62.4 Å². The SMILES string of the molecule is CCS(C)(=O)=Nc1cc(C)c2c(Nc3cccnc3OC3CCC(O)CC3)ncnc2c1. The molecule has 0 spiro atoms. The number of benzene rings is 1. The van der Waals surface area contributed by atoms with Crippen molar-refractivity contribution in [2.75, 3.05) is 17.3 Å². The summed E-state index contributed by atoms with van der Waals surface area (Å²) in [5.74, 6) is 1.65. The third-order valence-electron chi connectivity index (χ3n) is 5.70. The molecule has 0 saturated heterocycles. The molecule has 1 aliphatic carbocycles. The number of nitrogens with one attached hydrogen (secondary N) is 1. The molecule has 0 bridgehead atoms. The average Bonchev–Trinajstić information content (AvgIpc) is 2.76. The highest BCUT2D eigenvalue weighted by Crippen LogP contribution is 2.33. The number of rotatable bonds is 6. The van der Waals surface area contributed by atoms with Crippen molar-refractivity contribution < 1.29 is 14.1 Å². The molecule has 0 radical (unpaired) electrons. The summed E-state index contributed by atoms with van der Waals surface area (Å²) in [5, 5.41) is 14.0. The van der Waals surface area contributed by atoms with Crippen LogP contribution in [-0.4, -0.2) is 48.5 Å². The summed E-state index contributed by atoms with van der Waals surface area (Å²) in [7, 11) is -2.26. The number of aliphatic hydroxyl groups excluding tert-OH is 1. The van der Waals surface area contributed by atoms with Crippen LogP contribution in [0.25, 0.3) is 10.9 Å². The Balaban J connectivity index is 1.66. The molecule has 2 aromatic heterocycles. The summed E-state index contributed by atoms with van der Waals surface area (Å²) in [6, 6.07) is 7.49. The fraction of sp³-hybridized carbons (Fsp3) is 0.435. The molecule has 0 amide bonds. The molecule has 1 saturated carbocycles. The van der Waals surface area contributed by atoms with Gasteiger partial charge in [0.2, 0.25) is 5.88 Å². The Bertz CT molecular complexity index is 1230. The molecule has 2 heterocycles. The lowest BCUT2D eigenvalue weighted by Gasteiger charge is -2.26. The fourth-order valence-electron chi connectivity index (χ4n) is 3.84. The summed E-state index contributed by atoms with van der Waals surface area (Å²) in [6.45, 7) is 3.83. The second kappa shape index (κ2) is 9.38. The van der Waals surface area contributed by atoms with Gasteiger partial charge in [-0.3, -0.25) is 0 Å². The summed E-state index contributed by atoms with van der Waals surface area (Å²) in [4.78, 5) is 13.3. The van der Waals surface area contributed by atoms with Crippen LogP contribution in [0, 0.1) is 6.92 Å². The lowest BCUT2D eigenvalue weighted by molar-refractivity contribution is 0.0647. The molecule has 1 fully saturated rings. The number of aliphatic hydroxyl groups is 1. The maximum Gasteiger partial charge on any atom is 0.238 e. The maximum absolute atomic E-state index is 12.5. The normalized spacial score (nSPS) is 20.5. The summed E-state index contributed by atoms with van der Waals surface area (Å²) >= 11 is 0. The van der Waals surface area contributed by atoms with Crippen LogP contribution in [0.4, 0.5) is 17.2 Å². The fourth-order valence-corrected chi connectivity index (χ4v) is 4.52. The number of anilines is 2. The topological polar surface area (TPSA) is 110 Å². The third kappa shape index (κ3) is 5.16. The second-order valence-corrected chi connectivity index (χ2v) is 10.9. The number of hydrogen-bond acceptors (Lipinski definition) is 8. The zero-order valence-corrected chi connectivity index (χ0v) is 19.4. The minimum absolute atomic E-state index is 0.0318. The van der Waals surface area contributed by atoms with Crippen molar-refractivity contribution >= 4 is 37.8 Å². The van der Waals surface area contributed by atoms with Crippen molar-refractivity contribution in [1.82, 2.24) is 15.0 Å². The number of pyridine rings is 1. The number of fused-ring (bicyclic) bond motifs is 1. The average molecular weight is 456 g/mol. The van der Waals surface area contributed by atoms with Gasteiger partial charge in [0.05, 0.1) is 17.3 Å². The Morgan fingerprint density at radius 2 is 2.00 bits per heavy atom. The predicted molar refractivity (Wildman–Crippen MR) is 127 cm³/mol. The highest BCUT2D eigenvalue weighted by atomic mass is 32.2. The van der Waals surface area contributed by atoms with Crippen LogP contribution in [0.3, 0.4) is 0 Å². The summed E-state index contributed by atoms with van der Waals surface area (Å²) in [5.41, 5.74) is 3.02. The first-order valence-electron chi connectivity index (χ1n) is 10.9. The first-order valence-corrected chi connectivity index (χ1v) is 13.0. The molecule has 0 aliphatic heterocycles. The van der Waals surface area contributed by atoms with Crippen LogP contribution in [0.2, 0.25) is 0 Å². The van der Waals surface area contributed by atoms with Crippen LogP contribution in [0.1, 0.15) is 38.2 Å². The second-order valence-electron chi connectivity index (χ2n) is 8.25. The van der Waals surface area contributed by atoms with Gasteiger partial charge in [0, 0.05) is 33.3 Å². The van der Waals surface area contributed by atoms with Crippen LogP contribution in [0.5, 0.6) is 5.88 Å². The van der Waals surface area contributed by atoms with Crippen LogP contribution >= 0.6 is 0 Å². The molecule has 1 atom stereocenters. The van der Waals surface area contributed by atoms with E-state index >= 15 is 0 Å². The number of aromatic nitrogens is 3. The molecule has 9 heteroatoms. The van der Waals surface area contributed by atoms with E-state index in [9.17, 15) is 9.32 Å². The Morgan fingerprint density at radius 1 is 1.22 bits per heavy atom. The predicted octanol–water partition coefficient (Wildman–Crippen LogP) is 4.51.